The number of aromatic nitrogens is 3. The first-order valence-corrected chi connectivity index (χ1v) is 4.74. The second-order valence-corrected chi connectivity index (χ2v) is 3.24. The number of pyridine rings is 1. The second-order valence-electron chi connectivity index (χ2n) is 3.24. The number of hydrogen-bond donors (Lipinski definition) is 3. The number of nitrogens with zero attached hydrogens (tertiary/aromatic N) is 2. The molecule has 0 unspecified atom stereocenters. The zero-order chi connectivity index (χ0) is 11.4. The zero-order valence-electron chi connectivity index (χ0n) is 8.47. The highest BCUT2D eigenvalue weighted by Crippen LogP contribution is 2.01. The van der Waals surface area contributed by atoms with E-state index in [1.165, 1.54) is 0 Å². The Labute approximate surface area is 91.9 Å². The number of H-pyrrole nitrogens is 1. The molecule has 0 aromatic carbocycles. The first kappa shape index (κ1) is 10.2. The largest absolute Gasteiger partial charge is 0.384 e. The van der Waals surface area contributed by atoms with Crippen LogP contribution in [0, 0.1) is 0 Å². The van der Waals surface area contributed by atoms with Crippen molar-refractivity contribution in [1.29, 1.82) is 0 Å². The van der Waals surface area contributed by atoms with Crippen molar-refractivity contribution in [2.45, 2.75) is 6.54 Å². The van der Waals surface area contributed by atoms with Crippen LogP contribution in [-0.2, 0) is 6.54 Å². The van der Waals surface area contributed by atoms with Gasteiger partial charge in [0.1, 0.15) is 11.5 Å². The minimum atomic E-state index is -0.256. The fraction of sp³-hybridized carbons (Fsp3) is 0.100. The number of nitrogens with one attached hydrogen (secondary N) is 2. The summed E-state index contributed by atoms with van der Waals surface area (Å²) in [5.74, 6) is 0.0736. The van der Waals surface area contributed by atoms with Gasteiger partial charge in [0.2, 0.25) is 0 Å². The monoisotopic (exact) mass is 217 g/mol. The van der Waals surface area contributed by atoms with Crippen LogP contribution in [-0.4, -0.2) is 21.1 Å². The molecule has 82 valence electrons. The highest BCUT2D eigenvalue weighted by atomic mass is 16.1. The Morgan fingerprint density at radius 2 is 2.38 bits per heavy atom. The van der Waals surface area contributed by atoms with Crippen molar-refractivity contribution in [2.75, 3.05) is 5.73 Å². The molecule has 6 nitrogen and oxygen atoms in total. The van der Waals surface area contributed by atoms with Gasteiger partial charge in [-0.15, -0.1) is 0 Å². The van der Waals surface area contributed by atoms with E-state index in [0.29, 0.717) is 18.1 Å². The van der Waals surface area contributed by atoms with E-state index in [0.717, 1.165) is 5.56 Å². The molecule has 0 saturated carbocycles. The summed E-state index contributed by atoms with van der Waals surface area (Å²) in [6.45, 7) is 0.409. The molecule has 0 saturated heterocycles. The second kappa shape index (κ2) is 4.43. The summed E-state index contributed by atoms with van der Waals surface area (Å²) < 4.78 is 0. The van der Waals surface area contributed by atoms with Gasteiger partial charge < -0.3 is 11.1 Å². The SMILES string of the molecule is Nc1cccc(C(=O)NCc2cn[nH]c2)n1. The van der Waals surface area contributed by atoms with Crippen molar-refractivity contribution < 1.29 is 4.79 Å². The number of amides is 1. The van der Waals surface area contributed by atoms with E-state index in [1.807, 2.05) is 0 Å². The summed E-state index contributed by atoms with van der Waals surface area (Å²) in [4.78, 5) is 15.5. The maximum absolute atomic E-state index is 11.6. The Balaban J connectivity index is 1.98. The van der Waals surface area contributed by atoms with Gasteiger partial charge in [-0.2, -0.15) is 5.10 Å². The van der Waals surface area contributed by atoms with E-state index >= 15 is 0 Å². The lowest BCUT2D eigenvalue weighted by atomic mass is 10.3. The number of nitrogens with two attached hydrogens (primary N) is 1. The van der Waals surface area contributed by atoms with Crippen LogP contribution in [0.15, 0.2) is 30.6 Å². The lowest BCUT2D eigenvalue weighted by molar-refractivity contribution is 0.0946. The van der Waals surface area contributed by atoms with Gasteiger partial charge in [-0.1, -0.05) is 6.07 Å². The number of hydrogen-bond acceptors (Lipinski definition) is 4. The summed E-state index contributed by atoms with van der Waals surface area (Å²) in [5, 5.41) is 9.15. The first-order chi connectivity index (χ1) is 7.75. The van der Waals surface area contributed by atoms with E-state index in [1.54, 1.807) is 30.6 Å². The van der Waals surface area contributed by atoms with Gasteiger partial charge in [0.05, 0.1) is 6.20 Å². The van der Waals surface area contributed by atoms with Gasteiger partial charge in [-0.05, 0) is 12.1 Å². The van der Waals surface area contributed by atoms with E-state index < -0.39 is 0 Å². The van der Waals surface area contributed by atoms with Crippen LogP contribution in [0.2, 0.25) is 0 Å². The highest BCUT2D eigenvalue weighted by Gasteiger charge is 2.06. The molecule has 0 aliphatic heterocycles. The molecule has 2 aromatic rings. The fourth-order valence-corrected chi connectivity index (χ4v) is 1.23. The molecule has 1 amide bonds. The summed E-state index contributed by atoms with van der Waals surface area (Å²) in [6.07, 6.45) is 3.36. The lowest BCUT2D eigenvalue weighted by Gasteiger charge is -2.03. The Bertz CT molecular complexity index is 480. The number of nitrogen functional groups attached to an aromatic ring is 1. The summed E-state index contributed by atoms with van der Waals surface area (Å²) in [6, 6.07) is 4.93. The maximum atomic E-state index is 11.6. The lowest BCUT2D eigenvalue weighted by Crippen LogP contribution is -2.23. The molecule has 2 rings (SSSR count). The smallest absolute Gasteiger partial charge is 0.270 e. The number of aromatic amines is 1. The molecule has 0 radical (unpaired) electrons. The Kier molecular flexibility index (Phi) is 2.81. The topological polar surface area (TPSA) is 96.7 Å². The zero-order valence-corrected chi connectivity index (χ0v) is 8.47. The third kappa shape index (κ3) is 2.35. The highest BCUT2D eigenvalue weighted by molar-refractivity contribution is 5.92. The molecule has 2 heterocycles. The number of carbonyl (C=O) groups is 1. The molecule has 4 N–H and O–H groups in total. The quantitative estimate of drug-likeness (QED) is 0.689. The molecule has 0 spiro atoms. The van der Waals surface area contributed by atoms with Crippen LogP contribution in [0.4, 0.5) is 5.82 Å². The van der Waals surface area contributed by atoms with Crippen LogP contribution >= 0.6 is 0 Å². The minimum Gasteiger partial charge on any atom is -0.384 e. The Morgan fingerprint density at radius 3 is 3.06 bits per heavy atom. The van der Waals surface area contributed by atoms with Crippen molar-refractivity contribution in [3.05, 3.63) is 41.9 Å². The van der Waals surface area contributed by atoms with E-state index in [9.17, 15) is 4.79 Å². The van der Waals surface area contributed by atoms with Gasteiger partial charge in [-0.3, -0.25) is 9.89 Å². The predicted octanol–water partition coefficient (Wildman–Crippen LogP) is 0.317. The van der Waals surface area contributed by atoms with Crippen LogP contribution in [0.1, 0.15) is 16.1 Å². The standard InChI is InChI=1S/C10H11N5O/c11-9-3-1-2-8(15-9)10(16)12-4-7-5-13-14-6-7/h1-3,5-6H,4H2,(H2,11,15)(H,12,16)(H,13,14). The molecular formula is C10H11N5O. The molecule has 16 heavy (non-hydrogen) atoms. The summed E-state index contributed by atoms with van der Waals surface area (Å²) in [7, 11) is 0. The van der Waals surface area contributed by atoms with Crippen LogP contribution < -0.4 is 11.1 Å². The fourth-order valence-electron chi connectivity index (χ4n) is 1.23. The third-order valence-electron chi connectivity index (χ3n) is 2.01. The molecular weight excluding hydrogens is 206 g/mol. The van der Waals surface area contributed by atoms with Crippen molar-refractivity contribution in [1.82, 2.24) is 20.5 Å². The van der Waals surface area contributed by atoms with Crippen LogP contribution in [0.3, 0.4) is 0 Å². The van der Waals surface area contributed by atoms with Gasteiger partial charge in [0.25, 0.3) is 5.91 Å². The normalized spacial score (nSPS) is 10.0. The molecule has 6 heteroatoms. The van der Waals surface area contributed by atoms with Crippen molar-refractivity contribution >= 4 is 11.7 Å². The van der Waals surface area contributed by atoms with Crippen molar-refractivity contribution in [3.63, 3.8) is 0 Å². The van der Waals surface area contributed by atoms with E-state index in [4.69, 9.17) is 5.73 Å². The van der Waals surface area contributed by atoms with Crippen LogP contribution in [0.25, 0.3) is 0 Å². The molecule has 0 aliphatic carbocycles. The Morgan fingerprint density at radius 1 is 1.50 bits per heavy atom. The first-order valence-electron chi connectivity index (χ1n) is 4.74. The number of rotatable bonds is 3. The Hall–Kier alpha value is -2.37. The van der Waals surface area contributed by atoms with E-state index in [2.05, 4.69) is 20.5 Å². The molecule has 0 aliphatic rings. The summed E-state index contributed by atoms with van der Waals surface area (Å²) >= 11 is 0. The van der Waals surface area contributed by atoms with E-state index in [-0.39, 0.29) is 5.91 Å². The van der Waals surface area contributed by atoms with Gasteiger partial charge in [-0.25, -0.2) is 4.98 Å². The summed E-state index contributed by atoms with van der Waals surface area (Å²) in [5.41, 5.74) is 6.69. The predicted molar refractivity (Wildman–Crippen MR) is 58.4 cm³/mol. The van der Waals surface area contributed by atoms with Crippen molar-refractivity contribution in [2.24, 2.45) is 0 Å². The molecule has 0 atom stereocenters. The minimum absolute atomic E-state index is 0.256. The molecule has 0 bridgehead atoms. The molecule has 2 aromatic heterocycles. The van der Waals surface area contributed by atoms with Crippen LogP contribution in [0.5, 0.6) is 0 Å². The average molecular weight is 217 g/mol. The van der Waals surface area contributed by atoms with Gasteiger partial charge in [0, 0.05) is 18.3 Å². The maximum Gasteiger partial charge on any atom is 0.270 e. The van der Waals surface area contributed by atoms with Gasteiger partial charge >= 0.3 is 0 Å². The third-order valence-corrected chi connectivity index (χ3v) is 2.01. The van der Waals surface area contributed by atoms with Crippen molar-refractivity contribution in [3.8, 4) is 0 Å². The number of carbonyl (C=O) groups excluding carboxylic acids is 1. The molecule has 0 fully saturated rings. The van der Waals surface area contributed by atoms with Gasteiger partial charge in [0.15, 0.2) is 0 Å². The number of anilines is 1. The average Bonchev–Trinajstić information content (AvgIpc) is 2.78.